The molecule has 44 heavy (non-hydrogen) atoms. The molecule has 2 heterocycles. The van der Waals surface area contributed by atoms with Crippen molar-refractivity contribution in [1.29, 1.82) is 5.26 Å². The fraction of sp³-hybridized carbons (Fsp3) is 0.171. The van der Waals surface area contributed by atoms with Crippen LogP contribution in [0.5, 0.6) is 5.75 Å². The molecule has 4 aromatic rings. The van der Waals surface area contributed by atoms with Crippen molar-refractivity contribution < 1.29 is 23.9 Å². The summed E-state index contributed by atoms with van der Waals surface area (Å²) >= 11 is 0. The molecule has 0 aliphatic carbocycles. The molecule has 1 aliphatic heterocycles. The Bertz CT molecular complexity index is 1830. The number of aromatic nitrogens is 2. The van der Waals surface area contributed by atoms with Crippen molar-refractivity contribution in [1.82, 2.24) is 14.7 Å². The Balaban J connectivity index is 1.56. The number of carbonyl (C=O) groups excluding carboxylic acids is 3. The summed E-state index contributed by atoms with van der Waals surface area (Å²) in [6.45, 7) is 4.86. The van der Waals surface area contributed by atoms with E-state index in [9.17, 15) is 19.6 Å². The fourth-order valence-corrected chi connectivity index (χ4v) is 4.89. The number of esters is 1. The van der Waals surface area contributed by atoms with E-state index in [1.165, 1.54) is 6.92 Å². The first-order chi connectivity index (χ1) is 21.3. The van der Waals surface area contributed by atoms with E-state index >= 15 is 0 Å². The van der Waals surface area contributed by atoms with Gasteiger partial charge in [0.05, 0.1) is 17.9 Å². The van der Waals surface area contributed by atoms with E-state index in [0.717, 1.165) is 33.0 Å². The Morgan fingerprint density at radius 1 is 0.977 bits per heavy atom. The van der Waals surface area contributed by atoms with Crippen molar-refractivity contribution in [3.63, 3.8) is 0 Å². The molecule has 0 unspecified atom stereocenters. The number of imide groups is 1. The summed E-state index contributed by atoms with van der Waals surface area (Å²) in [7, 11) is 0. The lowest BCUT2D eigenvalue weighted by molar-refractivity contribution is -0.147. The molecule has 1 aliphatic rings. The Hall–Kier alpha value is -5.75. The quantitative estimate of drug-likeness (QED) is 0.143. The fourth-order valence-electron chi connectivity index (χ4n) is 4.89. The zero-order valence-corrected chi connectivity index (χ0v) is 24.6. The highest BCUT2D eigenvalue weighted by atomic mass is 16.5. The van der Waals surface area contributed by atoms with Crippen LogP contribution in [-0.4, -0.2) is 45.6 Å². The summed E-state index contributed by atoms with van der Waals surface area (Å²) in [4.78, 5) is 38.8. The predicted molar refractivity (Wildman–Crippen MR) is 164 cm³/mol. The topological polar surface area (TPSA) is 115 Å². The SMILES string of the molecule is CC(=O)OCCN1C(=O)C(C#N)=C(C)/C(=C\c2cn(-c3ccccc3)nc2-c2ccc(OCc3ccccc3)c(C)c2)C1=O. The smallest absolute Gasteiger partial charge is 0.302 e. The minimum Gasteiger partial charge on any atom is -0.489 e. The van der Waals surface area contributed by atoms with Crippen LogP contribution in [0.1, 0.15) is 30.5 Å². The van der Waals surface area contributed by atoms with Gasteiger partial charge in [0.2, 0.25) is 0 Å². The molecule has 220 valence electrons. The average molecular weight is 587 g/mol. The van der Waals surface area contributed by atoms with Crippen LogP contribution in [0.2, 0.25) is 0 Å². The standard InChI is InChI=1S/C35H30N4O5/c1-23-18-27(14-15-32(23)44-22-26-10-6-4-7-11-26)33-28(21-39(37-33)29-12-8-5-9-13-29)19-30-24(2)31(20-36)35(42)38(34(30)41)16-17-43-25(3)40/h4-15,18-19,21H,16-17,22H2,1-3H3/b30-19+. The van der Waals surface area contributed by atoms with Crippen molar-refractivity contribution in [3.8, 4) is 28.8 Å². The van der Waals surface area contributed by atoms with Crippen molar-refractivity contribution in [2.24, 2.45) is 0 Å². The average Bonchev–Trinajstić information content (AvgIpc) is 3.45. The number of nitriles is 1. The molecule has 5 rings (SSSR count). The highest BCUT2D eigenvalue weighted by Crippen LogP contribution is 2.33. The molecular weight excluding hydrogens is 556 g/mol. The predicted octanol–water partition coefficient (Wildman–Crippen LogP) is 5.58. The first-order valence-corrected chi connectivity index (χ1v) is 14.0. The van der Waals surface area contributed by atoms with Gasteiger partial charge in [0.25, 0.3) is 11.8 Å². The van der Waals surface area contributed by atoms with E-state index in [0.29, 0.717) is 17.9 Å². The largest absolute Gasteiger partial charge is 0.489 e. The van der Waals surface area contributed by atoms with E-state index in [2.05, 4.69) is 0 Å². The summed E-state index contributed by atoms with van der Waals surface area (Å²) in [5, 5.41) is 14.7. The number of aryl methyl sites for hydroxylation is 1. The van der Waals surface area contributed by atoms with Crippen molar-refractivity contribution in [2.45, 2.75) is 27.4 Å². The molecule has 0 N–H and O–H groups in total. The number of rotatable bonds is 9. The zero-order chi connectivity index (χ0) is 31.2. The first-order valence-electron chi connectivity index (χ1n) is 14.0. The van der Waals surface area contributed by atoms with Gasteiger partial charge < -0.3 is 9.47 Å². The minimum atomic E-state index is -0.721. The van der Waals surface area contributed by atoms with Gasteiger partial charge in [-0.15, -0.1) is 0 Å². The molecule has 0 saturated carbocycles. The number of amides is 2. The Morgan fingerprint density at radius 3 is 2.34 bits per heavy atom. The Labute approximate surface area is 255 Å². The third kappa shape index (κ3) is 6.35. The van der Waals surface area contributed by atoms with Crippen molar-refractivity contribution in [2.75, 3.05) is 13.2 Å². The molecule has 0 radical (unpaired) electrons. The second-order valence-corrected chi connectivity index (χ2v) is 10.2. The molecule has 9 heteroatoms. The van der Waals surface area contributed by atoms with E-state index in [-0.39, 0.29) is 29.9 Å². The number of carbonyl (C=O) groups is 3. The molecule has 0 saturated heterocycles. The molecule has 0 atom stereocenters. The Morgan fingerprint density at radius 2 is 1.68 bits per heavy atom. The molecule has 9 nitrogen and oxygen atoms in total. The van der Waals surface area contributed by atoms with Crippen LogP contribution in [0.4, 0.5) is 0 Å². The Kier molecular flexibility index (Phi) is 8.82. The van der Waals surface area contributed by atoms with E-state index in [1.54, 1.807) is 23.9 Å². The lowest BCUT2D eigenvalue weighted by Crippen LogP contribution is -2.44. The van der Waals surface area contributed by atoms with E-state index in [1.807, 2.05) is 91.9 Å². The number of para-hydroxylation sites is 1. The number of nitrogens with zero attached hydrogens (tertiary/aromatic N) is 4. The molecule has 2 amide bonds. The highest BCUT2D eigenvalue weighted by molar-refractivity contribution is 6.19. The van der Waals surface area contributed by atoms with Gasteiger partial charge in [-0.2, -0.15) is 10.4 Å². The minimum absolute atomic E-state index is 0.147. The van der Waals surface area contributed by atoms with Gasteiger partial charge in [-0.3, -0.25) is 19.3 Å². The summed E-state index contributed by atoms with van der Waals surface area (Å²) in [6, 6.07) is 27.2. The third-order valence-corrected chi connectivity index (χ3v) is 7.19. The second-order valence-electron chi connectivity index (χ2n) is 10.2. The summed E-state index contributed by atoms with van der Waals surface area (Å²) in [5.74, 6) is -1.10. The normalized spacial score (nSPS) is 14.1. The first kappa shape index (κ1) is 29.7. The lowest BCUT2D eigenvalue weighted by Gasteiger charge is -2.27. The van der Waals surface area contributed by atoms with Gasteiger partial charge in [-0.1, -0.05) is 48.5 Å². The van der Waals surface area contributed by atoms with Crippen LogP contribution < -0.4 is 4.74 Å². The number of benzene rings is 3. The second kappa shape index (κ2) is 13.0. The maximum absolute atomic E-state index is 13.6. The van der Waals surface area contributed by atoms with Crippen molar-refractivity contribution >= 4 is 23.9 Å². The van der Waals surface area contributed by atoms with Gasteiger partial charge >= 0.3 is 5.97 Å². The van der Waals surface area contributed by atoms with Crippen LogP contribution in [0.25, 0.3) is 23.0 Å². The van der Waals surface area contributed by atoms with Crippen LogP contribution >= 0.6 is 0 Å². The van der Waals surface area contributed by atoms with Crippen LogP contribution in [0.3, 0.4) is 0 Å². The van der Waals surface area contributed by atoms with Gasteiger partial charge in [-0.25, -0.2) is 4.68 Å². The number of ether oxygens (including phenoxy) is 2. The number of hydrogen-bond acceptors (Lipinski definition) is 7. The molecule has 1 aromatic heterocycles. The maximum atomic E-state index is 13.6. The summed E-state index contributed by atoms with van der Waals surface area (Å²) in [6.07, 6.45) is 3.45. The van der Waals surface area contributed by atoms with Crippen LogP contribution in [-0.2, 0) is 25.7 Å². The highest BCUT2D eigenvalue weighted by Gasteiger charge is 2.35. The third-order valence-electron chi connectivity index (χ3n) is 7.19. The van der Waals surface area contributed by atoms with Gasteiger partial charge in [0.15, 0.2) is 0 Å². The van der Waals surface area contributed by atoms with Gasteiger partial charge in [0, 0.05) is 29.8 Å². The molecule has 3 aromatic carbocycles. The molecule has 0 fully saturated rings. The van der Waals surface area contributed by atoms with Crippen LogP contribution in [0, 0.1) is 18.3 Å². The lowest BCUT2D eigenvalue weighted by atomic mass is 9.93. The molecular formula is C35H30N4O5. The molecule has 0 bridgehead atoms. The van der Waals surface area contributed by atoms with E-state index < -0.39 is 17.8 Å². The maximum Gasteiger partial charge on any atom is 0.302 e. The summed E-state index contributed by atoms with van der Waals surface area (Å²) in [5.41, 5.74) is 5.09. The van der Waals surface area contributed by atoms with E-state index in [4.69, 9.17) is 14.6 Å². The van der Waals surface area contributed by atoms with Crippen LogP contribution in [0.15, 0.2) is 102 Å². The summed E-state index contributed by atoms with van der Waals surface area (Å²) < 4.78 is 12.7. The van der Waals surface area contributed by atoms with Crippen molar-refractivity contribution in [3.05, 3.63) is 118 Å². The van der Waals surface area contributed by atoms with Gasteiger partial charge in [0.1, 0.15) is 30.6 Å². The van der Waals surface area contributed by atoms with Gasteiger partial charge in [-0.05, 0) is 67.0 Å². The zero-order valence-electron chi connectivity index (χ0n) is 24.6. The molecule has 0 spiro atoms. The monoisotopic (exact) mass is 586 g/mol. The number of hydrogen-bond donors (Lipinski definition) is 0.